The van der Waals surface area contributed by atoms with Crippen LogP contribution in [0.3, 0.4) is 0 Å². The number of nitrogens with zero attached hydrogens (tertiary/aromatic N) is 1. The minimum Gasteiger partial charge on any atom is -0.492 e. The molecule has 1 rings (SSSR count). The zero-order valence-electron chi connectivity index (χ0n) is 12.5. The van der Waals surface area contributed by atoms with E-state index >= 15 is 0 Å². The van der Waals surface area contributed by atoms with Crippen molar-refractivity contribution < 1.29 is 17.9 Å². The Balaban J connectivity index is 2.40. The molecule has 0 saturated carbocycles. The maximum Gasteiger partial charge on any atom is 0.401 e. The van der Waals surface area contributed by atoms with Gasteiger partial charge in [0.05, 0.1) is 6.54 Å². The second kappa shape index (κ2) is 8.89. The molecule has 0 amide bonds. The lowest BCUT2D eigenvalue weighted by molar-refractivity contribution is -0.146. The van der Waals surface area contributed by atoms with Crippen molar-refractivity contribution in [1.29, 1.82) is 0 Å². The summed E-state index contributed by atoms with van der Waals surface area (Å²) in [5.74, 6) is 0.688. The van der Waals surface area contributed by atoms with Crippen molar-refractivity contribution in [2.24, 2.45) is 0 Å². The number of benzene rings is 1. The first-order chi connectivity index (χ1) is 9.94. The van der Waals surface area contributed by atoms with Crippen LogP contribution >= 0.6 is 0 Å². The topological polar surface area (TPSA) is 24.5 Å². The molecule has 0 unspecified atom stereocenters. The van der Waals surface area contributed by atoms with Crippen molar-refractivity contribution in [1.82, 2.24) is 10.2 Å². The van der Waals surface area contributed by atoms with Gasteiger partial charge in [-0.1, -0.05) is 26.0 Å². The van der Waals surface area contributed by atoms with Crippen LogP contribution in [-0.4, -0.2) is 43.9 Å². The molecule has 3 nitrogen and oxygen atoms in total. The van der Waals surface area contributed by atoms with Crippen LogP contribution in [0.25, 0.3) is 0 Å². The van der Waals surface area contributed by atoms with Crippen LogP contribution in [0.1, 0.15) is 19.4 Å². The first-order valence-electron chi connectivity index (χ1n) is 7.16. The lowest BCUT2D eigenvalue weighted by Crippen LogP contribution is -2.36. The van der Waals surface area contributed by atoms with Gasteiger partial charge in [-0.25, -0.2) is 0 Å². The normalized spacial score (nSPS) is 11.9. The third-order valence-corrected chi connectivity index (χ3v) is 3.00. The molecule has 0 aliphatic heterocycles. The van der Waals surface area contributed by atoms with Crippen molar-refractivity contribution in [3.63, 3.8) is 0 Å². The molecule has 0 heterocycles. The Labute approximate surface area is 124 Å². The molecule has 0 aliphatic rings. The van der Waals surface area contributed by atoms with Gasteiger partial charge in [0.25, 0.3) is 0 Å². The second-order valence-corrected chi connectivity index (χ2v) is 4.76. The highest BCUT2D eigenvalue weighted by Gasteiger charge is 2.29. The van der Waals surface area contributed by atoms with Gasteiger partial charge in [0.2, 0.25) is 0 Å². The van der Waals surface area contributed by atoms with E-state index in [0.29, 0.717) is 12.3 Å². The van der Waals surface area contributed by atoms with E-state index < -0.39 is 12.7 Å². The molecule has 0 radical (unpaired) electrons. The number of nitrogens with one attached hydrogen (secondary N) is 1. The first-order valence-corrected chi connectivity index (χ1v) is 7.16. The van der Waals surface area contributed by atoms with E-state index in [2.05, 4.69) is 5.32 Å². The zero-order valence-corrected chi connectivity index (χ0v) is 12.5. The average molecular weight is 304 g/mol. The smallest absolute Gasteiger partial charge is 0.401 e. The van der Waals surface area contributed by atoms with Crippen LogP contribution < -0.4 is 10.1 Å². The molecule has 21 heavy (non-hydrogen) atoms. The summed E-state index contributed by atoms with van der Waals surface area (Å²) in [5, 5.41) is 3.21. The van der Waals surface area contributed by atoms with Crippen molar-refractivity contribution in [3.8, 4) is 5.75 Å². The summed E-state index contributed by atoms with van der Waals surface area (Å²) in [7, 11) is 0. The van der Waals surface area contributed by atoms with E-state index in [1.165, 1.54) is 4.90 Å². The van der Waals surface area contributed by atoms with Crippen LogP contribution in [0.15, 0.2) is 24.3 Å². The molecule has 0 bridgehead atoms. The summed E-state index contributed by atoms with van der Waals surface area (Å²) in [4.78, 5) is 1.32. The van der Waals surface area contributed by atoms with Gasteiger partial charge in [-0.2, -0.15) is 13.2 Å². The number of rotatable bonds is 9. The number of alkyl halides is 3. The van der Waals surface area contributed by atoms with E-state index in [1.807, 2.05) is 31.2 Å². The average Bonchev–Trinajstić information content (AvgIpc) is 2.43. The number of hydrogen-bond acceptors (Lipinski definition) is 3. The largest absolute Gasteiger partial charge is 0.492 e. The molecule has 120 valence electrons. The molecular formula is C15H23F3N2O. The number of ether oxygens (including phenoxy) is 1. The zero-order chi connectivity index (χ0) is 15.7. The third-order valence-electron chi connectivity index (χ3n) is 3.00. The molecule has 0 aliphatic carbocycles. The van der Waals surface area contributed by atoms with Gasteiger partial charge in [0.1, 0.15) is 12.4 Å². The Morgan fingerprint density at radius 1 is 1.24 bits per heavy atom. The van der Waals surface area contributed by atoms with Crippen molar-refractivity contribution in [2.75, 3.05) is 32.8 Å². The van der Waals surface area contributed by atoms with Crippen molar-refractivity contribution >= 4 is 0 Å². The molecule has 1 N–H and O–H groups in total. The summed E-state index contributed by atoms with van der Waals surface area (Å²) >= 11 is 0. The molecule has 0 aromatic heterocycles. The summed E-state index contributed by atoms with van der Waals surface area (Å²) in [5.41, 5.74) is 1.09. The maximum absolute atomic E-state index is 12.3. The maximum atomic E-state index is 12.3. The van der Waals surface area contributed by atoms with Gasteiger partial charge < -0.3 is 10.1 Å². The number of hydrogen-bond donors (Lipinski definition) is 1. The monoisotopic (exact) mass is 304 g/mol. The predicted molar refractivity (Wildman–Crippen MR) is 77.5 cm³/mol. The Morgan fingerprint density at radius 2 is 2.00 bits per heavy atom. The van der Waals surface area contributed by atoms with Crippen LogP contribution in [0.2, 0.25) is 0 Å². The quantitative estimate of drug-likeness (QED) is 0.759. The molecule has 1 aromatic rings. The van der Waals surface area contributed by atoms with Gasteiger partial charge in [-0.05, 0) is 30.8 Å². The Bertz CT molecular complexity index is 410. The molecular weight excluding hydrogens is 281 g/mol. The third kappa shape index (κ3) is 7.92. The molecule has 0 atom stereocenters. The van der Waals surface area contributed by atoms with E-state index in [1.54, 1.807) is 6.92 Å². The van der Waals surface area contributed by atoms with Gasteiger partial charge in [0.15, 0.2) is 0 Å². The highest BCUT2D eigenvalue weighted by atomic mass is 19.4. The highest BCUT2D eigenvalue weighted by Crippen LogP contribution is 2.17. The molecule has 0 spiro atoms. The van der Waals surface area contributed by atoms with E-state index in [-0.39, 0.29) is 13.2 Å². The molecule has 6 heteroatoms. The lowest BCUT2D eigenvalue weighted by atomic mass is 10.2. The molecule has 0 fully saturated rings. The second-order valence-electron chi connectivity index (χ2n) is 4.76. The molecule has 0 saturated heterocycles. The van der Waals surface area contributed by atoms with E-state index in [4.69, 9.17) is 4.74 Å². The van der Waals surface area contributed by atoms with E-state index in [0.717, 1.165) is 18.7 Å². The fourth-order valence-electron chi connectivity index (χ4n) is 1.91. The fourth-order valence-corrected chi connectivity index (χ4v) is 1.91. The Morgan fingerprint density at radius 3 is 2.62 bits per heavy atom. The van der Waals surface area contributed by atoms with E-state index in [9.17, 15) is 13.2 Å². The Kier molecular flexibility index (Phi) is 7.53. The minimum atomic E-state index is -4.16. The van der Waals surface area contributed by atoms with Gasteiger partial charge >= 0.3 is 6.18 Å². The number of likely N-dealkylation sites (N-methyl/N-ethyl adjacent to an activating group) is 1. The van der Waals surface area contributed by atoms with Crippen LogP contribution in [0.4, 0.5) is 13.2 Å². The Hall–Kier alpha value is -1.27. The summed E-state index contributed by atoms with van der Waals surface area (Å²) < 4.78 is 42.5. The standard InChI is InChI=1S/C15H23F3N2O/c1-3-19-11-13-6-5-7-14(10-13)21-9-8-20(4-2)12-15(16,17)18/h5-7,10,19H,3-4,8-9,11-12H2,1-2H3. The number of halogens is 3. The lowest BCUT2D eigenvalue weighted by Gasteiger charge is -2.21. The van der Waals surface area contributed by atoms with Gasteiger partial charge in [0, 0.05) is 13.1 Å². The van der Waals surface area contributed by atoms with Crippen LogP contribution in [0.5, 0.6) is 5.75 Å². The van der Waals surface area contributed by atoms with Crippen molar-refractivity contribution in [3.05, 3.63) is 29.8 Å². The first kappa shape index (κ1) is 17.8. The summed E-state index contributed by atoms with van der Waals surface area (Å²) in [6.45, 7) is 5.33. The van der Waals surface area contributed by atoms with Crippen molar-refractivity contribution in [2.45, 2.75) is 26.6 Å². The van der Waals surface area contributed by atoms with Gasteiger partial charge in [-0.15, -0.1) is 0 Å². The fraction of sp³-hybridized carbons (Fsp3) is 0.600. The molecule has 1 aromatic carbocycles. The van der Waals surface area contributed by atoms with Crippen LogP contribution in [-0.2, 0) is 6.54 Å². The minimum absolute atomic E-state index is 0.245. The predicted octanol–water partition coefficient (Wildman–Crippen LogP) is 3.06. The van der Waals surface area contributed by atoms with Crippen LogP contribution in [0, 0.1) is 0 Å². The SMILES string of the molecule is CCNCc1cccc(OCCN(CC)CC(F)(F)F)c1. The van der Waals surface area contributed by atoms with Gasteiger partial charge in [-0.3, -0.25) is 4.90 Å². The highest BCUT2D eigenvalue weighted by molar-refractivity contribution is 5.28. The summed E-state index contributed by atoms with van der Waals surface area (Å²) in [6, 6.07) is 7.59. The summed E-state index contributed by atoms with van der Waals surface area (Å²) in [6.07, 6.45) is -4.16.